The molecule has 32 heavy (non-hydrogen) atoms. The molecule has 2 aliphatic heterocycles. The number of nitrogens with zero attached hydrogens (tertiary/aromatic N) is 3. The second-order valence-electron chi connectivity index (χ2n) is 8.82. The van der Waals surface area contributed by atoms with Crippen LogP contribution < -0.4 is 0 Å². The molecule has 1 unspecified atom stereocenters. The van der Waals surface area contributed by atoms with E-state index < -0.39 is 5.82 Å². The first-order valence-electron chi connectivity index (χ1n) is 11.1. The van der Waals surface area contributed by atoms with Crippen molar-refractivity contribution in [2.24, 2.45) is 0 Å². The van der Waals surface area contributed by atoms with Gasteiger partial charge in [0.25, 0.3) is 5.91 Å². The summed E-state index contributed by atoms with van der Waals surface area (Å²) in [6.45, 7) is 4.90. The Morgan fingerprint density at radius 3 is 2.69 bits per heavy atom. The maximum atomic E-state index is 15.3. The third-order valence-electron chi connectivity index (χ3n) is 6.86. The monoisotopic (exact) mass is 452 g/mol. The zero-order valence-electron chi connectivity index (χ0n) is 18.0. The van der Waals surface area contributed by atoms with Crippen LogP contribution in [0.5, 0.6) is 0 Å². The standard InChI is InChI=1S/C25H26ClFN4O/c1-16-13-28-29-24(16)21-3-2-4-22(23(21)27)25(32)31-12-11-30-14-18(7-10-20(30)15-31)17-5-8-19(26)9-6-17/h2-6,8-9,13,18,20H,7,10-12,14-15H2,1H3,(H,28,29)/t18-,20?/m0/s1. The van der Waals surface area contributed by atoms with Crippen molar-refractivity contribution in [1.29, 1.82) is 0 Å². The number of amides is 1. The lowest BCUT2D eigenvalue weighted by Crippen LogP contribution is -2.57. The quantitative estimate of drug-likeness (QED) is 0.616. The molecule has 0 spiro atoms. The molecule has 2 saturated heterocycles. The molecule has 5 rings (SSSR count). The highest BCUT2D eigenvalue weighted by atomic mass is 35.5. The Labute approximate surface area is 192 Å². The van der Waals surface area contributed by atoms with Gasteiger partial charge in [0, 0.05) is 42.8 Å². The zero-order chi connectivity index (χ0) is 22.2. The highest BCUT2D eigenvalue weighted by Crippen LogP contribution is 2.33. The first kappa shape index (κ1) is 21.2. The van der Waals surface area contributed by atoms with Crippen molar-refractivity contribution >= 4 is 17.5 Å². The number of aryl methyl sites for hydroxylation is 1. The van der Waals surface area contributed by atoms with Crippen LogP contribution >= 0.6 is 11.6 Å². The lowest BCUT2D eigenvalue weighted by molar-refractivity contribution is 0.0326. The summed E-state index contributed by atoms with van der Waals surface area (Å²) >= 11 is 6.04. The van der Waals surface area contributed by atoms with Crippen LogP contribution in [0, 0.1) is 12.7 Å². The van der Waals surface area contributed by atoms with Gasteiger partial charge in [-0.05, 0) is 61.1 Å². The van der Waals surface area contributed by atoms with Gasteiger partial charge in [-0.2, -0.15) is 5.10 Å². The van der Waals surface area contributed by atoms with Gasteiger partial charge in [-0.15, -0.1) is 0 Å². The number of aromatic amines is 1. The number of fused-ring (bicyclic) bond motifs is 1. The van der Waals surface area contributed by atoms with E-state index in [0.29, 0.717) is 36.3 Å². The van der Waals surface area contributed by atoms with Gasteiger partial charge >= 0.3 is 0 Å². The van der Waals surface area contributed by atoms with E-state index in [0.717, 1.165) is 36.5 Å². The van der Waals surface area contributed by atoms with E-state index >= 15 is 4.39 Å². The molecule has 1 aromatic heterocycles. The molecule has 2 atom stereocenters. The molecule has 1 N–H and O–H groups in total. The molecule has 7 heteroatoms. The molecular weight excluding hydrogens is 427 g/mol. The largest absolute Gasteiger partial charge is 0.336 e. The molecule has 0 saturated carbocycles. The summed E-state index contributed by atoms with van der Waals surface area (Å²) in [4.78, 5) is 17.5. The number of carbonyl (C=O) groups is 1. The molecule has 2 aromatic carbocycles. The number of halogens is 2. The molecule has 0 aliphatic carbocycles. The summed E-state index contributed by atoms with van der Waals surface area (Å²) in [5.74, 6) is -0.239. The first-order chi connectivity index (χ1) is 15.5. The average molecular weight is 453 g/mol. The van der Waals surface area contributed by atoms with Crippen molar-refractivity contribution < 1.29 is 9.18 Å². The average Bonchev–Trinajstić information content (AvgIpc) is 3.24. The summed E-state index contributed by atoms with van der Waals surface area (Å²) in [5, 5.41) is 7.58. The topological polar surface area (TPSA) is 52.2 Å². The van der Waals surface area contributed by atoms with Crippen LogP contribution in [-0.2, 0) is 0 Å². The highest BCUT2D eigenvalue weighted by Gasteiger charge is 2.35. The minimum Gasteiger partial charge on any atom is -0.336 e. The number of rotatable bonds is 3. The van der Waals surface area contributed by atoms with Crippen molar-refractivity contribution in [3.63, 3.8) is 0 Å². The number of hydrogen-bond donors (Lipinski definition) is 1. The summed E-state index contributed by atoms with van der Waals surface area (Å²) in [6.07, 6.45) is 3.75. The molecule has 2 aliphatic rings. The van der Waals surface area contributed by atoms with Gasteiger partial charge in [0.15, 0.2) is 0 Å². The van der Waals surface area contributed by atoms with Crippen molar-refractivity contribution in [3.8, 4) is 11.3 Å². The lowest BCUT2D eigenvalue weighted by Gasteiger charge is -2.46. The van der Waals surface area contributed by atoms with Crippen molar-refractivity contribution in [3.05, 3.63) is 76.2 Å². The van der Waals surface area contributed by atoms with E-state index in [2.05, 4.69) is 27.2 Å². The molecule has 5 nitrogen and oxygen atoms in total. The minimum atomic E-state index is -0.487. The molecule has 0 radical (unpaired) electrons. The van der Waals surface area contributed by atoms with Gasteiger partial charge in [0.2, 0.25) is 0 Å². The molecule has 2 fully saturated rings. The Hall–Kier alpha value is -2.70. The smallest absolute Gasteiger partial charge is 0.256 e. The molecule has 3 heterocycles. The number of aromatic nitrogens is 2. The van der Waals surface area contributed by atoms with Crippen molar-refractivity contribution in [1.82, 2.24) is 20.0 Å². The predicted molar refractivity (Wildman–Crippen MR) is 123 cm³/mol. The fourth-order valence-electron chi connectivity index (χ4n) is 5.05. The maximum Gasteiger partial charge on any atom is 0.256 e. The zero-order valence-corrected chi connectivity index (χ0v) is 18.8. The second-order valence-corrected chi connectivity index (χ2v) is 9.26. The van der Waals surface area contributed by atoms with Crippen molar-refractivity contribution in [2.75, 3.05) is 26.2 Å². The molecule has 0 bridgehead atoms. The van der Waals surface area contributed by atoms with Crippen LogP contribution in [0.4, 0.5) is 4.39 Å². The molecule has 1 amide bonds. The Morgan fingerprint density at radius 2 is 1.94 bits per heavy atom. The normalized spacial score (nSPS) is 21.4. The fraction of sp³-hybridized carbons (Fsp3) is 0.360. The van der Waals surface area contributed by atoms with Gasteiger partial charge in [-0.25, -0.2) is 4.39 Å². The number of carbonyl (C=O) groups excluding carboxylic acids is 1. The van der Waals surface area contributed by atoms with Crippen LogP contribution in [0.25, 0.3) is 11.3 Å². The number of nitrogens with one attached hydrogen (secondary N) is 1. The number of hydrogen-bond acceptors (Lipinski definition) is 3. The minimum absolute atomic E-state index is 0.125. The fourth-order valence-corrected chi connectivity index (χ4v) is 5.17. The number of piperidine rings is 1. The van der Waals surface area contributed by atoms with Crippen LogP contribution in [0.1, 0.15) is 40.2 Å². The van der Waals surface area contributed by atoms with Gasteiger partial charge in [-0.1, -0.05) is 29.8 Å². The number of benzene rings is 2. The SMILES string of the molecule is Cc1cn[nH]c1-c1cccc(C(=O)N2CCN3C[C@@H](c4ccc(Cl)cc4)CCC3C2)c1F. The number of H-pyrrole nitrogens is 1. The van der Waals surface area contributed by atoms with E-state index in [9.17, 15) is 4.79 Å². The van der Waals surface area contributed by atoms with E-state index in [-0.39, 0.29) is 11.5 Å². The van der Waals surface area contributed by atoms with Crippen molar-refractivity contribution in [2.45, 2.75) is 31.7 Å². The summed E-state index contributed by atoms with van der Waals surface area (Å²) in [5.41, 5.74) is 3.29. The van der Waals surface area contributed by atoms with Gasteiger partial charge in [0.05, 0.1) is 17.5 Å². The van der Waals surface area contributed by atoms with Crippen LogP contribution in [-0.4, -0.2) is 58.1 Å². The van der Waals surface area contributed by atoms with E-state index in [4.69, 9.17) is 11.6 Å². The van der Waals surface area contributed by atoms with E-state index in [1.165, 1.54) is 5.56 Å². The highest BCUT2D eigenvalue weighted by molar-refractivity contribution is 6.30. The molecule has 3 aromatic rings. The third-order valence-corrected chi connectivity index (χ3v) is 7.12. The molecule has 166 valence electrons. The lowest BCUT2D eigenvalue weighted by atomic mass is 9.86. The van der Waals surface area contributed by atoms with E-state index in [1.54, 1.807) is 24.4 Å². The van der Waals surface area contributed by atoms with Crippen LogP contribution in [0.3, 0.4) is 0 Å². The Balaban J connectivity index is 1.29. The van der Waals surface area contributed by atoms with Gasteiger partial charge in [-0.3, -0.25) is 14.8 Å². The van der Waals surface area contributed by atoms with Crippen LogP contribution in [0.2, 0.25) is 5.02 Å². The summed E-state index contributed by atoms with van der Waals surface area (Å²) in [6, 6.07) is 13.4. The first-order valence-corrected chi connectivity index (χ1v) is 11.5. The predicted octanol–water partition coefficient (Wildman–Crippen LogP) is 4.88. The molecular formula is C25H26ClFN4O. The Morgan fingerprint density at radius 1 is 1.12 bits per heavy atom. The summed E-state index contributed by atoms with van der Waals surface area (Å²) < 4.78 is 15.3. The second kappa shape index (κ2) is 8.68. The Kier molecular flexibility index (Phi) is 5.74. The summed E-state index contributed by atoms with van der Waals surface area (Å²) in [7, 11) is 0. The van der Waals surface area contributed by atoms with Crippen LogP contribution in [0.15, 0.2) is 48.7 Å². The number of piperazine rings is 1. The third kappa shape index (κ3) is 3.93. The van der Waals surface area contributed by atoms with E-state index in [1.807, 2.05) is 24.0 Å². The Bertz CT molecular complexity index is 1130. The van der Waals surface area contributed by atoms with Gasteiger partial charge in [0.1, 0.15) is 5.82 Å². The maximum absolute atomic E-state index is 15.3. The van der Waals surface area contributed by atoms with Gasteiger partial charge < -0.3 is 4.90 Å².